The van der Waals surface area contributed by atoms with Crippen molar-refractivity contribution in [2.75, 3.05) is 30.0 Å². The van der Waals surface area contributed by atoms with Crippen molar-refractivity contribution in [3.63, 3.8) is 0 Å². The van der Waals surface area contributed by atoms with Crippen molar-refractivity contribution in [2.45, 2.75) is 17.7 Å². The first-order valence-electron chi connectivity index (χ1n) is 9.64. The molecule has 3 aromatic rings. The highest BCUT2D eigenvalue weighted by atomic mass is 32.2. The number of carbonyl (C=O) groups is 1. The molecule has 0 aliphatic heterocycles. The summed E-state index contributed by atoms with van der Waals surface area (Å²) in [6.45, 7) is 0. The predicted octanol–water partition coefficient (Wildman–Crippen LogP) is 3.99. The molecule has 0 saturated heterocycles. The quantitative estimate of drug-likeness (QED) is 0.438. The molecule has 7 nitrogen and oxygen atoms in total. The van der Waals surface area contributed by atoms with Gasteiger partial charge in [0.25, 0.3) is 0 Å². The van der Waals surface area contributed by atoms with Crippen molar-refractivity contribution < 1.29 is 18.5 Å². The van der Waals surface area contributed by atoms with Crippen molar-refractivity contribution in [3.05, 3.63) is 72.3 Å². The van der Waals surface area contributed by atoms with Gasteiger partial charge in [-0.1, -0.05) is 24.3 Å². The molecule has 8 heteroatoms. The molecule has 3 aromatic carbocycles. The average molecular weight is 440 g/mol. The van der Waals surface area contributed by atoms with E-state index in [2.05, 4.69) is 10.0 Å². The predicted molar refractivity (Wildman–Crippen MR) is 124 cm³/mol. The lowest BCUT2D eigenvalue weighted by atomic mass is 10.1. The van der Waals surface area contributed by atoms with Crippen LogP contribution >= 0.6 is 0 Å². The monoisotopic (exact) mass is 439 g/mol. The molecule has 0 radical (unpaired) electrons. The summed E-state index contributed by atoms with van der Waals surface area (Å²) in [5.41, 5.74) is 8.70. The Labute approximate surface area is 184 Å². The number of methoxy groups -OCH3 is 2. The summed E-state index contributed by atoms with van der Waals surface area (Å²) in [6.07, 6.45) is 0.913. The normalized spacial score (nSPS) is 11.4. The second-order valence-electron chi connectivity index (χ2n) is 6.72. The number of benzene rings is 3. The Morgan fingerprint density at radius 3 is 2.35 bits per heavy atom. The third-order valence-electron chi connectivity index (χ3n) is 4.61. The maximum absolute atomic E-state index is 12.6. The Kier molecular flexibility index (Phi) is 7.50. The number of para-hydroxylation sites is 2. The van der Waals surface area contributed by atoms with Gasteiger partial charge in [0.15, 0.2) is 11.5 Å². The second-order valence-corrected chi connectivity index (χ2v) is 7.93. The van der Waals surface area contributed by atoms with Crippen LogP contribution in [0.25, 0.3) is 0 Å². The minimum Gasteiger partial charge on any atom is -0.493 e. The highest BCUT2D eigenvalue weighted by Gasteiger charge is 2.10. The lowest BCUT2D eigenvalue weighted by molar-refractivity contribution is -0.116. The molecule has 0 bridgehead atoms. The molecule has 0 saturated carbocycles. The zero-order chi connectivity index (χ0) is 22.2. The summed E-state index contributed by atoms with van der Waals surface area (Å²) in [6, 6.07) is 19.7. The topological polar surface area (TPSA) is 103 Å². The van der Waals surface area contributed by atoms with Crippen LogP contribution in [-0.4, -0.2) is 24.3 Å². The summed E-state index contributed by atoms with van der Waals surface area (Å²) < 4.78 is 26.0. The van der Waals surface area contributed by atoms with E-state index in [-0.39, 0.29) is 5.91 Å². The van der Waals surface area contributed by atoms with Crippen molar-refractivity contribution in [3.8, 4) is 11.5 Å². The lowest BCUT2D eigenvalue weighted by Crippen LogP contribution is -2.13. The molecule has 0 heterocycles. The van der Waals surface area contributed by atoms with E-state index >= 15 is 0 Å². The summed E-state index contributed by atoms with van der Waals surface area (Å²) in [5, 5.41) is 2.82. The zero-order valence-corrected chi connectivity index (χ0v) is 18.2. The van der Waals surface area contributed by atoms with Gasteiger partial charge in [-0.2, -0.15) is 0 Å². The average Bonchev–Trinajstić information content (AvgIpc) is 2.79. The Morgan fingerprint density at radius 2 is 1.68 bits per heavy atom. The largest absolute Gasteiger partial charge is 0.493 e. The zero-order valence-electron chi connectivity index (χ0n) is 17.4. The van der Waals surface area contributed by atoms with Crippen molar-refractivity contribution in [2.24, 2.45) is 0 Å². The minimum atomic E-state index is -1.46. The number of anilines is 3. The van der Waals surface area contributed by atoms with E-state index in [0.717, 1.165) is 5.56 Å². The molecule has 0 spiro atoms. The molecular weight excluding hydrogens is 414 g/mol. The number of carbonyl (C=O) groups excluding carboxylic acids is 1. The number of rotatable bonds is 9. The van der Waals surface area contributed by atoms with Gasteiger partial charge < -0.3 is 25.2 Å². The molecule has 162 valence electrons. The number of amides is 1. The van der Waals surface area contributed by atoms with Gasteiger partial charge in [-0.05, 0) is 48.4 Å². The summed E-state index contributed by atoms with van der Waals surface area (Å²) in [4.78, 5) is 12.7. The Hall–Kier alpha value is -3.52. The van der Waals surface area contributed by atoms with E-state index in [9.17, 15) is 9.00 Å². The van der Waals surface area contributed by atoms with Crippen LogP contribution < -0.4 is 25.2 Å². The lowest BCUT2D eigenvalue weighted by Gasteiger charge is -2.11. The fraction of sp³-hybridized carbons (Fsp3) is 0.174. The fourth-order valence-corrected chi connectivity index (χ4v) is 3.79. The molecular formula is C23H25N3O4S. The highest BCUT2D eigenvalue weighted by molar-refractivity contribution is 7.86. The van der Waals surface area contributed by atoms with Crippen LogP contribution in [-0.2, 0) is 22.2 Å². The van der Waals surface area contributed by atoms with Crippen LogP contribution in [0.3, 0.4) is 0 Å². The summed E-state index contributed by atoms with van der Waals surface area (Å²) in [5.74, 6) is 0.988. The second kappa shape index (κ2) is 10.5. The molecule has 0 aliphatic carbocycles. The molecule has 0 fully saturated rings. The van der Waals surface area contributed by atoms with E-state index in [0.29, 0.717) is 46.3 Å². The molecule has 4 N–H and O–H groups in total. The molecule has 1 atom stereocenters. The molecule has 1 unspecified atom stereocenters. The van der Waals surface area contributed by atoms with Crippen LogP contribution in [0, 0.1) is 0 Å². The Bertz CT molecular complexity index is 1070. The number of aryl methyl sites for hydroxylation is 1. The number of nitrogens with one attached hydrogen (secondary N) is 2. The van der Waals surface area contributed by atoms with Crippen LogP contribution in [0.1, 0.15) is 12.0 Å². The molecule has 3 rings (SSSR count). The SMILES string of the molecule is COc1ccc(S(=O)Nc2ccc(CCC(=O)Nc3ccccc3N)cc2)cc1OC. The fourth-order valence-electron chi connectivity index (χ4n) is 2.92. The molecule has 31 heavy (non-hydrogen) atoms. The van der Waals surface area contributed by atoms with E-state index in [1.807, 2.05) is 36.4 Å². The third kappa shape index (κ3) is 5.99. The Balaban J connectivity index is 1.54. The van der Waals surface area contributed by atoms with Crippen LogP contribution in [0.5, 0.6) is 11.5 Å². The van der Waals surface area contributed by atoms with E-state index in [1.165, 1.54) is 7.11 Å². The summed E-state index contributed by atoms with van der Waals surface area (Å²) in [7, 11) is 1.62. The van der Waals surface area contributed by atoms with E-state index < -0.39 is 11.0 Å². The van der Waals surface area contributed by atoms with E-state index in [1.54, 1.807) is 37.4 Å². The molecule has 0 aromatic heterocycles. The van der Waals surface area contributed by atoms with Gasteiger partial charge in [-0.25, -0.2) is 4.21 Å². The standard InChI is InChI=1S/C23H25N3O4S/c1-29-21-13-12-18(15-22(21)30-2)31(28)26-17-10-7-16(8-11-17)9-14-23(27)25-20-6-4-3-5-19(20)24/h3-8,10-13,15,26H,9,14,24H2,1-2H3,(H,25,27). The van der Waals surface area contributed by atoms with Gasteiger partial charge in [0.2, 0.25) is 5.91 Å². The van der Waals surface area contributed by atoms with Crippen LogP contribution in [0.4, 0.5) is 17.1 Å². The number of ether oxygens (including phenoxy) is 2. The highest BCUT2D eigenvalue weighted by Crippen LogP contribution is 2.29. The number of nitrogens with two attached hydrogens (primary N) is 1. The smallest absolute Gasteiger partial charge is 0.224 e. The maximum atomic E-state index is 12.6. The minimum absolute atomic E-state index is 0.102. The van der Waals surface area contributed by atoms with Gasteiger partial charge in [0, 0.05) is 18.2 Å². The van der Waals surface area contributed by atoms with Crippen LogP contribution in [0.2, 0.25) is 0 Å². The van der Waals surface area contributed by atoms with Crippen molar-refractivity contribution in [1.82, 2.24) is 0 Å². The first-order chi connectivity index (χ1) is 15.0. The number of hydrogen-bond donors (Lipinski definition) is 3. The molecule has 0 aliphatic rings. The van der Waals surface area contributed by atoms with Gasteiger partial charge in [0.05, 0.1) is 30.5 Å². The van der Waals surface area contributed by atoms with Gasteiger partial charge in [-0.3, -0.25) is 4.79 Å². The van der Waals surface area contributed by atoms with Crippen molar-refractivity contribution >= 4 is 34.0 Å². The number of hydrogen-bond acceptors (Lipinski definition) is 5. The molecule has 1 amide bonds. The van der Waals surface area contributed by atoms with Crippen LogP contribution in [0.15, 0.2) is 71.6 Å². The summed E-state index contributed by atoms with van der Waals surface area (Å²) >= 11 is 0. The van der Waals surface area contributed by atoms with Crippen molar-refractivity contribution in [1.29, 1.82) is 0 Å². The van der Waals surface area contributed by atoms with Gasteiger partial charge in [0.1, 0.15) is 11.0 Å². The first kappa shape index (κ1) is 22.2. The first-order valence-corrected chi connectivity index (χ1v) is 10.8. The number of nitrogen functional groups attached to an aromatic ring is 1. The van der Waals surface area contributed by atoms with E-state index in [4.69, 9.17) is 15.2 Å². The third-order valence-corrected chi connectivity index (χ3v) is 5.71. The van der Waals surface area contributed by atoms with Gasteiger partial charge >= 0.3 is 0 Å². The maximum Gasteiger partial charge on any atom is 0.224 e. The Morgan fingerprint density at radius 1 is 0.968 bits per heavy atom. The van der Waals surface area contributed by atoms with Gasteiger partial charge in [-0.15, -0.1) is 0 Å².